The largest absolute Gasteiger partial charge is 0.211 e. The molecule has 0 aromatic heterocycles. The van der Waals surface area contributed by atoms with Gasteiger partial charge in [0.25, 0.3) is 0 Å². The predicted octanol–water partition coefficient (Wildman–Crippen LogP) is 2.54. The molecule has 12 heavy (non-hydrogen) atoms. The van der Waals surface area contributed by atoms with Crippen molar-refractivity contribution in [2.45, 2.75) is 32.1 Å². The molecule has 4 nitrogen and oxygen atoms in total. The van der Waals surface area contributed by atoms with Gasteiger partial charge in [0.05, 0.1) is 0 Å². The highest BCUT2D eigenvalue weighted by Gasteiger charge is 2.41. The highest BCUT2D eigenvalue weighted by atomic mass is 15.4. The highest BCUT2D eigenvalue weighted by molar-refractivity contribution is 5.19. The van der Waals surface area contributed by atoms with Gasteiger partial charge in [-0.15, -0.1) is 0 Å². The third-order valence-corrected chi connectivity index (χ3v) is 2.32. The number of rotatable bonds is 1. The van der Waals surface area contributed by atoms with Crippen LogP contribution < -0.4 is 0 Å². The summed E-state index contributed by atoms with van der Waals surface area (Å²) in [6, 6.07) is 0. The van der Waals surface area contributed by atoms with E-state index in [4.69, 9.17) is 0 Å². The molecule has 0 aliphatic carbocycles. The average molecular weight is 164 g/mol. The molecular weight excluding hydrogens is 152 g/mol. The molecule has 3 rings (SSSR count). The molecule has 0 aromatic rings. The van der Waals surface area contributed by atoms with Crippen LogP contribution >= 0.6 is 0 Å². The highest BCUT2D eigenvalue weighted by Crippen LogP contribution is 2.38. The van der Waals surface area contributed by atoms with Gasteiger partial charge in [-0.3, -0.25) is 0 Å². The summed E-state index contributed by atoms with van der Waals surface area (Å²) < 4.78 is 0. The van der Waals surface area contributed by atoms with Crippen LogP contribution in [0.1, 0.15) is 20.8 Å². The second-order valence-corrected chi connectivity index (χ2v) is 3.77. The van der Waals surface area contributed by atoms with E-state index in [0.717, 1.165) is 0 Å². The Morgan fingerprint density at radius 3 is 1.92 bits per heavy atom. The van der Waals surface area contributed by atoms with E-state index in [1.54, 1.807) is 0 Å². The van der Waals surface area contributed by atoms with Crippen LogP contribution in [0.4, 0.5) is 0 Å². The minimum absolute atomic E-state index is 0.311. The van der Waals surface area contributed by atoms with Crippen LogP contribution in [-0.4, -0.2) is 11.3 Å². The standard InChI is InChI=1S/C8H12N4/c1-6(2)8-5-4-7(3,9-11-8)10-12-8/h4-6H,1-3H3. The molecule has 0 radical (unpaired) electrons. The van der Waals surface area contributed by atoms with Crippen molar-refractivity contribution < 1.29 is 0 Å². The van der Waals surface area contributed by atoms with E-state index in [1.165, 1.54) is 0 Å². The second kappa shape index (κ2) is 2.00. The van der Waals surface area contributed by atoms with Crippen molar-refractivity contribution in [2.75, 3.05) is 0 Å². The molecule has 0 amide bonds. The molecule has 4 heteroatoms. The molecule has 0 fully saturated rings. The van der Waals surface area contributed by atoms with E-state index in [2.05, 4.69) is 34.3 Å². The number of hydrogen-bond donors (Lipinski definition) is 0. The molecule has 0 spiro atoms. The lowest BCUT2D eigenvalue weighted by Gasteiger charge is -2.34. The topological polar surface area (TPSA) is 49.4 Å². The minimum atomic E-state index is -0.517. The summed E-state index contributed by atoms with van der Waals surface area (Å²) in [6.45, 7) is 6.02. The first-order valence-electron chi connectivity index (χ1n) is 4.15. The summed E-state index contributed by atoms with van der Waals surface area (Å²) in [5.41, 5.74) is -1.02. The summed E-state index contributed by atoms with van der Waals surface area (Å²) in [5.74, 6) is 0.311. The fraction of sp³-hybridized carbons (Fsp3) is 0.750. The lowest BCUT2D eigenvalue weighted by atomic mass is 9.93. The van der Waals surface area contributed by atoms with Gasteiger partial charge in [0.2, 0.25) is 11.3 Å². The van der Waals surface area contributed by atoms with E-state index in [-0.39, 0.29) is 0 Å². The molecule has 0 saturated heterocycles. The fourth-order valence-corrected chi connectivity index (χ4v) is 1.24. The Morgan fingerprint density at radius 2 is 1.58 bits per heavy atom. The van der Waals surface area contributed by atoms with Crippen molar-refractivity contribution in [3.8, 4) is 0 Å². The molecule has 0 aromatic carbocycles. The Bertz CT molecular complexity index is 249. The smallest absolute Gasteiger partial charge is 0.154 e. The molecule has 64 valence electrons. The molecule has 0 N–H and O–H groups in total. The first kappa shape index (κ1) is 7.58. The van der Waals surface area contributed by atoms with Crippen LogP contribution in [0.5, 0.6) is 0 Å². The van der Waals surface area contributed by atoms with Crippen molar-refractivity contribution in [1.29, 1.82) is 0 Å². The zero-order valence-corrected chi connectivity index (χ0v) is 7.52. The Labute approximate surface area is 71.5 Å². The zero-order chi connectivity index (χ0) is 8.82. The molecule has 3 aliphatic heterocycles. The van der Waals surface area contributed by atoms with Gasteiger partial charge in [-0.1, -0.05) is 13.8 Å². The monoisotopic (exact) mass is 164 g/mol. The molecule has 0 unspecified atom stereocenters. The van der Waals surface area contributed by atoms with Crippen molar-refractivity contribution in [3.63, 3.8) is 0 Å². The molecule has 0 atom stereocenters. The van der Waals surface area contributed by atoms with E-state index in [1.807, 2.05) is 19.1 Å². The summed E-state index contributed by atoms with van der Waals surface area (Å²) in [4.78, 5) is 0. The SMILES string of the molecule is CC(C)C12C=CC(C)(N=N1)N=N2. The van der Waals surface area contributed by atoms with Gasteiger partial charge in [0.1, 0.15) is 0 Å². The lowest BCUT2D eigenvalue weighted by Crippen LogP contribution is -2.37. The summed E-state index contributed by atoms with van der Waals surface area (Å²) in [5, 5.41) is 16.6. The van der Waals surface area contributed by atoms with Gasteiger partial charge in [0.15, 0.2) is 0 Å². The first-order valence-corrected chi connectivity index (χ1v) is 4.15. The van der Waals surface area contributed by atoms with Crippen LogP contribution in [0.3, 0.4) is 0 Å². The quantitative estimate of drug-likeness (QED) is 0.535. The van der Waals surface area contributed by atoms with Crippen molar-refractivity contribution in [1.82, 2.24) is 0 Å². The van der Waals surface area contributed by atoms with Crippen LogP contribution in [-0.2, 0) is 0 Å². The maximum atomic E-state index is 4.18. The van der Waals surface area contributed by atoms with Crippen LogP contribution in [0.25, 0.3) is 0 Å². The van der Waals surface area contributed by atoms with Gasteiger partial charge in [-0.05, 0) is 19.1 Å². The van der Waals surface area contributed by atoms with E-state index in [0.29, 0.717) is 5.92 Å². The van der Waals surface area contributed by atoms with Crippen molar-refractivity contribution >= 4 is 0 Å². The predicted molar refractivity (Wildman–Crippen MR) is 44.8 cm³/mol. The maximum absolute atomic E-state index is 4.18. The molecule has 3 aliphatic rings. The third-order valence-electron chi connectivity index (χ3n) is 2.32. The summed E-state index contributed by atoms with van der Waals surface area (Å²) in [6.07, 6.45) is 3.96. The maximum Gasteiger partial charge on any atom is 0.211 e. The van der Waals surface area contributed by atoms with E-state index < -0.39 is 11.3 Å². The fourth-order valence-electron chi connectivity index (χ4n) is 1.24. The molecule has 0 saturated carbocycles. The van der Waals surface area contributed by atoms with Crippen LogP contribution in [0, 0.1) is 5.92 Å². The Balaban J connectivity index is 2.41. The first-order chi connectivity index (χ1) is 5.56. The van der Waals surface area contributed by atoms with Gasteiger partial charge >= 0.3 is 0 Å². The van der Waals surface area contributed by atoms with Crippen molar-refractivity contribution in [2.24, 2.45) is 26.4 Å². The second-order valence-electron chi connectivity index (χ2n) is 3.77. The summed E-state index contributed by atoms with van der Waals surface area (Å²) in [7, 11) is 0. The van der Waals surface area contributed by atoms with Gasteiger partial charge in [-0.2, -0.15) is 20.5 Å². The molecule has 3 heterocycles. The molecule has 2 bridgehead atoms. The van der Waals surface area contributed by atoms with Gasteiger partial charge in [-0.25, -0.2) is 0 Å². The normalized spacial score (nSPS) is 43.0. The number of azo groups is 2. The number of hydrogen-bond acceptors (Lipinski definition) is 4. The Kier molecular flexibility index (Phi) is 1.26. The van der Waals surface area contributed by atoms with Gasteiger partial charge in [0, 0.05) is 5.92 Å². The van der Waals surface area contributed by atoms with Gasteiger partial charge < -0.3 is 0 Å². The lowest BCUT2D eigenvalue weighted by molar-refractivity contribution is 0.284. The van der Waals surface area contributed by atoms with Crippen molar-refractivity contribution in [3.05, 3.63) is 12.2 Å². The summed E-state index contributed by atoms with van der Waals surface area (Å²) >= 11 is 0. The Hall–Kier alpha value is -1.06. The van der Waals surface area contributed by atoms with E-state index in [9.17, 15) is 0 Å². The van der Waals surface area contributed by atoms with Crippen LogP contribution in [0.2, 0.25) is 0 Å². The zero-order valence-electron chi connectivity index (χ0n) is 7.52. The average Bonchev–Trinajstić information content (AvgIpc) is 2.06. The molecular formula is C8H12N4. The Morgan fingerprint density at radius 1 is 1.00 bits per heavy atom. The van der Waals surface area contributed by atoms with E-state index >= 15 is 0 Å². The third kappa shape index (κ3) is 0.838. The van der Waals surface area contributed by atoms with Crippen LogP contribution in [0.15, 0.2) is 32.6 Å². The minimum Gasteiger partial charge on any atom is -0.154 e. The number of nitrogens with zero attached hydrogens (tertiary/aromatic N) is 4.